The van der Waals surface area contributed by atoms with Crippen LogP contribution in [0.2, 0.25) is 0 Å². The van der Waals surface area contributed by atoms with Crippen LogP contribution in [0.25, 0.3) is 0 Å². The summed E-state index contributed by atoms with van der Waals surface area (Å²) >= 11 is 4.82. The second kappa shape index (κ2) is 4.35. The average Bonchev–Trinajstić information content (AvgIpc) is 2.18. The Bertz CT molecular complexity index is 376. The molecule has 0 aliphatic rings. The number of rotatable bonds is 3. The van der Waals surface area contributed by atoms with E-state index in [0.717, 1.165) is 0 Å². The molecule has 5 heteroatoms. The van der Waals surface area contributed by atoms with Crippen molar-refractivity contribution in [3.8, 4) is 0 Å². The molecule has 0 spiro atoms. The highest BCUT2D eigenvalue weighted by Gasteiger charge is 2.30. The van der Waals surface area contributed by atoms with Gasteiger partial charge in [-0.15, -0.1) is 0 Å². The molecule has 0 bridgehead atoms. The highest BCUT2D eigenvalue weighted by Crippen LogP contribution is 2.17. The highest BCUT2D eigenvalue weighted by atomic mass is 32.1. The van der Waals surface area contributed by atoms with E-state index in [9.17, 15) is 4.79 Å². The largest absolute Gasteiger partial charge is 0.392 e. The first-order valence-corrected chi connectivity index (χ1v) is 4.88. The van der Waals surface area contributed by atoms with Gasteiger partial charge in [0.05, 0.1) is 10.4 Å². The molecule has 0 radical (unpaired) electrons. The molecule has 15 heavy (non-hydrogen) atoms. The number of carbonyl (C=O) groups is 1. The van der Waals surface area contributed by atoms with E-state index >= 15 is 0 Å². The number of nitrogens with one attached hydrogen (secondary N) is 1. The van der Waals surface area contributed by atoms with Crippen LogP contribution in [0.5, 0.6) is 0 Å². The summed E-state index contributed by atoms with van der Waals surface area (Å²) in [5, 5.41) is 2.65. The lowest BCUT2D eigenvalue weighted by Crippen LogP contribution is -2.41. The van der Waals surface area contributed by atoms with Crippen molar-refractivity contribution in [1.82, 2.24) is 4.98 Å². The summed E-state index contributed by atoms with van der Waals surface area (Å²) in [4.78, 5) is 15.9. The normalized spacial score (nSPS) is 10.8. The van der Waals surface area contributed by atoms with Crippen LogP contribution >= 0.6 is 12.2 Å². The van der Waals surface area contributed by atoms with Crippen molar-refractivity contribution in [2.24, 2.45) is 11.1 Å². The molecule has 0 fully saturated rings. The number of thiocarbonyl (C=S) groups is 1. The van der Waals surface area contributed by atoms with Crippen molar-refractivity contribution in [2.45, 2.75) is 13.8 Å². The van der Waals surface area contributed by atoms with E-state index < -0.39 is 5.41 Å². The molecule has 3 N–H and O–H groups in total. The quantitative estimate of drug-likeness (QED) is 0.759. The maximum Gasteiger partial charge on any atom is 0.238 e. The van der Waals surface area contributed by atoms with Gasteiger partial charge in [-0.05, 0) is 26.0 Å². The topological polar surface area (TPSA) is 68.0 Å². The second-order valence-electron chi connectivity index (χ2n) is 3.66. The van der Waals surface area contributed by atoms with Crippen molar-refractivity contribution < 1.29 is 4.79 Å². The second-order valence-corrected chi connectivity index (χ2v) is 4.10. The molecule has 1 aromatic rings. The van der Waals surface area contributed by atoms with Crippen LogP contribution in [0.1, 0.15) is 13.8 Å². The predicted octanol–water partition coefficient (Wildman–Crippen LogP) is 1.33. The summed E-state index contributed by atoms with van der Waals surface area (Å²) in [7, 11) is 0. The summed E-state index contributed by atoms with van der Waals surface area (Å²) in [6, 6.07) is 5.26. The number of aromatic nitrogens is 1. The Morgan fingerprint density at radius 3 is 2.67 bits per heavy atom. The Labute approximate surface area is 93.9 Å². The highest BCUT2D eigenvalue weighted by molar-refractivity contribution is 7.80. The Kier molecular flexibility index (Phi) is 3.36. The fourth-order valence-electron chi connectivity index (χ4n) is 0.821. The first kappa shape index (κ1) is 11.6. The van der Waals surface area contributed by atoms with Crippen molar-refractivity contribution in [3.63, 3.8) is 0 Å². The van der Waals surface area contributed by atoms with Gasteiger partial charge >= 0.3 is 0 Å². The van der Waals surface area contributed by atoms with E-state index in [1.54, 1.807) is 38.2 Å². The third-order valence-corrected chi connectivity index (χ3v) is 2.60. The van der Waals surface area contributed by atoms with E-state index in [4.69, 9.17) is 18.0 Å². The number of anilines is 1. The number of carbonyl (C=O) groups excluding carboxylic acids is 1. The van der Waals surface area contributed by atoms with Gasteiger partial charge in [0, 0.05) is 6.20 Å². The lowest BCUT2D eigenvalue weighted by Gasteiger charge is -2.21. The van der Waals surface area contributed by atoms with Gasteiger partial charge in [0.2, 0.25) is 5.91 Å². The minimum absolute atomic E-state index is 0.163. The molecular formula is C10H13N3OS. The van der Waals surface area contributed by atoms with Crippen LogP contribution in [0.4, 0.5) is 5.82 Å². The zero-order valence-electron chi connectivity index (χ0n) is 8.65. The Hall–Kier alpha value is -1.49. The molecular weight excluding hydrogens is 210 g/mol. The van der Waals surface area contributed by atoms with E-state index in [-0.39, 0.29) is 10.9 Å². The minimum atomic E-state index is -0.868. The summed E-state index contributed by atoms with van der Waals surface area (Å²) in [5.74, 6) is 0.237. The van der Waals surface area contributed by atoms with Gasteiger partial charge in [0.1, 0.15) is 5.82 Å². The van der Waals surface area contributed by atoms with Gasteiger partial charge in [0.15, 0.2) is 0 Å². The lowest BCUT2D eigenvalue weighted by atomic mass is 9.92. The number of pyridine rings is 1. The van der Waals surface area contributed by atoms with Gasteiger partial charge in [0.25, 0.3) is 0 Å². The van der Waals surface area contributed by atoms with Crippen molar-refractivity contribution in [2.75, 3.05) is 5.32 Å². The number of amides is 1. The molecule has 0 saturated carbocycles. The molecule has 0 aliphatic heterocycles. The van der Waals surface area contributed by atoms with Crippen LogP contribution in [-0.2, 0) is 4.79 Å². The van der Waals surface area contributed by atoms with Crippen LogP contribution in [0.15, 0.2) is 24.4 Å². The van der Waals surface area contributed by atoms with Gasteiger partial charge in [-0.3, -0.25) is 4.79 Å². The molecule has 0 unspecified atom stereocenters. The van der Waals surface area contributed by atoms with E-state index in [1.165, 1.54) is 0 Å². The predicted molar refractivity (Wildman–Crippen MR) is 63.4 cm³/mol. The molecule has 80 valence electrons. The third kappa shape index (κ3) is 2.73. The summed E-state index contributed by atoms with van der Waals surface area (Å²) in [6.07, 6.45) is 1.60. The molecule has 4 nitrogen and oxygen atoms in total. The van der Waals surface area contributed by atoms with E-state index in [0.29, 0.717) is 5.82 Å². The summed E-state index contributed by atoms with van der Waals surface area (Å²) in [5.41, 5.74) is 4.61. The molecule has 1 rings (SSSR count). The monoisotopic (exact) mass is 223 g/mol. The molecule has 0 aliphatic carbocycles. The zero-order valence-corrected chi connectivity index (χ0v) is 9.47. The average molecular weight is 223 g/mol. The maximum absolute atomic E-state index is 11.8. The lowest BCUT2D eigenvalue weighted by molar-refractivity contribution is -0.121. The fourth-order valence-corrected chi connectivity index (χ4v) is 0.914. The van der Waals surface area contributed by atoms with Gasteiger partial charge in [-0.2, -0.15) is 0 Å². The van der Waals surface area contributed by atoms with Crippen molar-refractivity contribution in [3.05, 3.63) is 24.4 Å². The third-order valence-electron chi connectivity index (χ3n) is 2.09. The first-order chi connectivity index (χ1) is 6.94. The molecule has 1 aromatic heterocycles. The van der Waals surface area contributed by atoms with Crippen LogP contribution in [-0.4, -0.2) is 15.9 Å². The fraction of sp³-hybridized carbons (Fsp3) is 0.300. The van der Waals surface area contributed by atoms with Gasteiger partial charge in [-0.25, -0.2) is 4.98 Å². The number of hydrogen-bond acceptors (Lipinski definition) is 3. The van der Waals surface area contributed by atoms with Gasteiger partial charge < -0.3 is 11.1 Å². The van der Waals surface area contributed by atoms with Crippen LogP contribution in [0.3, 0.4) is 0 Å². The smallest absolute Gasteiger partial charge is 0.238 e. The Morgan fingerprint density at radius 2 is 2.20 bits per heavy atom. The molecule has 1 heterocycles. The van der Waals surface area contributed by atoms with Crippen LogP contribution < -0.4 is 11.1 Å². The van der Waals surface area contributed by atoms with Crippen LogP contribution in [0, 0.1) is 5.41 Å². The van der Waals surface area contributed by atoms with Crippen molar-refractivity contribution in [1.29, 1.82) is 0 Å². The molecule has 0 aromatic carbocycles. The standard InChI is InChI=1S/C10H13N3OS/c1-10(2,8(11)15)9(14)13-7-5-3-4-6-12-7/h3-6H,1-2H3,(H2,11,15)(H,12,13,14). The Morgan fingerprint density at radius 1 is 1.53 bits per heavy atom. The SMILES string of the molecule is CC(C)(C(=O)Nc1ccccn1)C(N)=S. The van der Waals surface area contributed by atoms with Gasteiger partial charge in [-0.1, -0.05) is 18.3 Å². The maximum atomic E-state index is 11.8. The first-order valence-electron chi connectivity index (χ1n) is 4.47. The molecule has 1 amide bonds. The summed E-state index contributed by atoms with van der Waals surface area (Å²) in [6.45, 7) is 3.35. The van der Waals surface area contributed by atoms with Crippen molar-refractivity contribution >= 4 is 28.9 Å². The summed E-state index contributed by atoms with van der Waals surface area (Å²) < 4.78 is 0. The number of hydrogen-bond donors (Lipinski definition) is 2. The molecule has 0 saturated heterocycles. The van der Waals surface area contributed by atoms with E-state index in [2.05, 4.69) is 10.3 Å². The van der Waals surface area contributed by atoms with E-state index in [1.807, 2.05) is 0 Å². The number of nitrogens with zero attached hydrogens (tertiary/aromatic N) is 1. The minimum Gasteiger partial charge on any atom is -0.392 e. The zero-order chi connectivity index (χ0) is 11.5. The Balaban J connectivity index is 2.77. The number of nitrogens with two attached hydrogens (primary N) is 1. The molecule has 0 atom stereocenters.